The Labute approximate surface area is 178 Å². The molecular weight excluding hydrogens is 386 g/mol. The number of benzene rings is 1. The Balaban J connectivity index is 3.22. The van der Waals surface area contributed by atoms with Crippen LogP contribution in [0.2, 0.25) is 0 Å². The molecule has 0 radical (unpaired) electrons. The van der Waals surface area contributed by atoms with E-state index in [1.54, 1.807) is 59.7 Å². The summed E-state index contributed by atoms with van der Waals surface area (Å²) in [5.74, 6) is -1.03. The number of nitrogens with zero attached hydrogens (tertiary/aromatic N) is 1. The van der Waals surface area contributed by atoms with Gasteiger partial charge in [0.2, 0.25) is 11.8 Å². The molecule has 1 unspecified atom stereocenters. The quantitative estimate of drug-likeness (QED) is 0.562. The predicted molar refractivity (Wildman–Crippen MR) is 115 cm³/mol. The highest BCUT2D eigenvalue weighted by molar-refractivity contribution is 5.91. The van der Waals surface area contributed by atoms with Gasteiger partial charge in [-0.1, -0.05) is 24.3 Å². The van der Waals surface area contributed by atoms with Gasteiger partial charge in [-0.2, -0.15) is 0 Å². The first kappa shape index (κ1) is 25.0. The number of alkyl carbamates (subject to hydrolysis) is 1. The zero-order chi connectivity index (χ0) is 23.1. The van der Waals surface area contributed by atoms with Gasteiger partial charge in [0.15, 0.2) is 0 Å². The highest BCUT2D eigenvalue weighted by Gasteiger charge is 2.33. The second-order valence-electron chi connectivity index (χ2n) is 8.27. The largest absolute Gasteiger partial charge is 0.507 e. The monoisotopic (exact) mass is 419 g/mol. The van der Waals surface area contributed by atoms with Crippen molar-refractivity contribution in [3.05, 3.63) is 42.0 Å². The number of amides is 3. The Morgan fingerprint density at radius 3 is 2.43 bits per heavy atom. The highest BCUT2D eigenvalue weighted by Crippen LogP contribution is 2.31. The maximum absolute atomic E-state index is 13.0. The molecule has 0 aliphatic rings. The van der Waals surface area contributed by atoms with E-state index >= 15 is 0 Å². The number of phenols is 1. The second-order valence-corrected chi connectivity index (χ2v) is 8.27. The van der Waals surface area contributed by atoms with E-state index in [2.05, 4.69) is 17.2 Å². The molecule has 1 aromatic rings. The number of hydrogen-bond donors (Lipinski definition) is 3. The lowest BCUT2D eigenvalue weighted by atomic mass is 9.99. The average molecular weight is 420 g/mol. The Hall–Kier alpha value is -3.03. The van der Waals surface area contributed by atoms with Gasteiger partial charge >= 0.3 is 6.09 Å². The molecule has 166 valence electrons. The molecule has 3 N–H and O–H groups in total. The third-order valence-electron chi connectivity index (χ3n) is 3.98. The van der Waals surface area contributed by atoms with Crippen molar-refractivity contribution in [3.8, 4) is 5.75 Å². The number of phenolic OH excluding ortho intramolecular Hbond substituents is 1. The van der Waals surface area contributed by atoms with Gasteiger partial charge in [-0.25, -0.2) is 4.79 Å². The fraction of sp³-hybridized carbons (Fsp3) is 0.500. The summed E-state index contributed by atoms with van der Waals surface area (Å²) in [6.45, 7) is 13.8. The Morgan fingerprint density at radius 2 is 1.90 bits per heavy atom. The standard InChI is InChI=1S/C22H33N3O5/c1-8-12-25(17(26)13-23-21(29)30-22(5,6)7)18(20(28)24-14(2)3)16-11-9-10-15(4)19(16)27/h8-11,14,18,27H,1,12-13H2,2-7H3,(H,23,29)(H,24,28). The van der Waals surface area contributed by atoms with Gasteiger partial charge in [0.25, 0.3) is 0 Å². The van der Waals surface area contributed by atoms with Gasteiger partial charge in [0.1, 0.15) is 23.9 Å². The van der Waals surface area contributed by atoms with Gasteiger partial charge in [-0.3, -0.25) is 9.59 Å². The van der Waals surface area contributed by atoms with Crippen molar-refractivity contribution in [2.24, 2.45) is 0 Å². The van der Waals surface area contributed by atoms with E-state index < -0.39 is 29.6 Å². The number of nitrogens with one attached hydrogen (secondary N) is 2. The van der Waals surface area contributed by atoms with Gasteiger partial charge in [0.05, 0.1) is 0 Å². The first-order chi connectivity index (χ1) is 13.9. The number of carbonyl (C=O) groups is 3. The minimum absolute atomic E-state index is 0.0401. The van der Waals surface area contributed by atoms with Crippen molar-refractivity contribution in [1.29, 1.82) is 0 Å². The SMILES string of the molecule is C=CCN(C(=O)CNC(=O)OC(C)(C)C)C(C(=O)NC(C)C)c1cccc(C)c1O. The van der Waals surface area contributed by atoms with Crippen molar-refractivity contribution < 1.29 is 24.2 Å². The van der Waals surface area contributed by atoms with Gasteiger partial charge < -0.3 is 25.4 Å². The average Bonchev–Trinajstić information content (AvgIpc) is 2.60. The molecule has 0 aliphatic carbocycles. The Kier molecular flexibility index (Phi) is 8.89. The van der Waals surface area contributed by atoms with Crippen LogP contribution in [0.1, 0.15) is 51.8 Å². The predicted octanol–water partition coefficient (Wildman–Crippen LogP) is 2.81. The second kappa shape index (κ2) is 10.7. The van der Waals surface area contributed by atoms with Crippen molar-refractivity contribution in [2.75, 3.05) is 13.1 Å². The van der Waals surface area contributed by atoms with Crippen molar-refractivity contribution in [1.82, 2.24) is 15.5 Å². The maximum atomic E-state index is 13.0. The molecule has 0 spiro atoms. The summed E-state index contributed by atoms with van der Waals surface area (Å²) < 4.78 is 5.15. The number of para-hydroxylation sites is 1. The van der Waals surface area contributed by atoms with Crippen LogP contribution in [0.15, 0.2) is 30.9 Å². The number of rotatable bonds is 8. The fourth-order valence-corrected chi connectivity index (χ4v) is 2.77. The first-order valence-corrected chi connectivity index (χ1v) is 9.83. The molecule has 8 heteroatoms. The molecule has 1 atom stereocenters. The topological polar surface area (TPSA) is 108 Å². The van der Waals surface area contributed by atoms with Gasteiger partial charge in [-0.15, -0.1) is 6.58 Å². The van der Waals surface area contributed by atoms with Crippen LogP contribution in [-0.4, -0.2) is 52.6 Å². The van der Waals surface area contributed by atoms with Crippen LogP contribution in [0.3, 0.4) is 0 Å². The molecule has 1 rings (SSSR count). The van der Waals surface area contributed by atoms with Crippen LogP contribution >= 0.6 is 0 Å². The summed E-state index contributed by atoms with van der Waals surface area (Å²) in [6.07, 6.45) is 0.740. The molecule has 0 heterocycles. The van der Waals surface area contributed by atoms with Gasteiger partial charge in [0, 0.05) is 18.2 Å². The van der Waals surface area contributed by atoms with Crippen LogP contribution in [0.5, 0.6) is 5.75 Å². The lowest BCUT2D eigenvalue weighted by Gasteiger charge is -2.32. The van der Waals surface area contributed by atoms with E-state index in [1.807, 2.05) is 0 Å². The van der Waals surface area contributed by atoms with Crippen LogP contribution in [0, 0.1) is 6.92 Å². The van der Waals surface area contributed by atoms with Crippen molar-refractivity contribution in [2.45, 2.75) is 59.2 Å². The lowest BCUT2D eigenvalue weighted by Crippen LogP contribution is -2.48. The molecule has 3 amide bonds. The molecule has 0 aliphatic heterocycles. The molecule has 0 saturated carbocycles. The normalized spacial score (nSPS) is 12.1. The summed E-state index contributed by atoms with van der Waals surface area (Å²) in [4.78, 5) is 39.1. The summed E-state index contributed by atoms with van der Waals surface area (Å²) in [5, 5.41) is 15.8. The third-order valence-corrected chi connectivity index (χ3v) is 3.98. The smallest absolute Gasteiger partial charge is 0.408 e. The van der Waals surface area contributed by atoms with Crippen LogP contribution < -0.4 is 10.6 Å². The number of hydrogen-bond acceptors (Lipinski definition) is 5. The number of aromatic hydroxyl groups is 1. The molecule has 0 fully saturated rings. The van der Waals surface area contributed by atoms with E-state index in [0.29, 0.717) is 11.1 Å². The third kappa shape index (κ3) is 7.42. The summed E-state index contributed by atoms with van der Waals surface area (Å²) in [5.41, 5.74) is 0.161. The highest BCUT2D eigenvalue weighted by atomic mass is 16.6. The number of aryl methyl sites for hydroxylation is 1. The summed E-state index contributed by atoms with van der Waals surface area (Å²) in [6, 6.07) is 3.73. The van der Waals surface area contributed by atoms with E-state index in [-0.39, 0.29) is 24.9 Å². The minimum atomic E-state index is -1.10. The summed E-state index contributed by atoms with van der Waals surface area (Å²) in [7, 11) is 0. The first-order valence-electron chi connectivity index (χ1n) is 9.83. The zero-order valence-electron chi connectivity index (χ0n) is 18.6. The van der Waals surface area contributed by atoms with E-state index in [4.69, 9.17) is 4.74 Å². The van der Waals surface area contributed by atoms with Crippen molar-refractivity contribution in [3.63, 3.8) is 0 Å². The van der Waals surface area contributed by atoms with Crippen LogP contribution in [-0.2, 0) is 14.3 Å². The Bertz CT molecular complexity index is 783. The van der Waals surface area contributed by atoms with Crippen LogP contribution in [0.25, 0.3) is 0 Å². The maximum Gasteiger partial charge on any atom is 0.408 e. The lowest BCUT2D eigenvalue weighted by molar-refractivity contribution is -0.139. The zero-order valence-corrected chi connectivity index (χ0v) is 18.6. The summed E-state index contributed by atoms with van der Waals surface area (Å²) >= 11 is 0. The minimum Gasteiger partial charge on any atom is -0.507 e. The number of ether oxygens (including phenoxy) is 1. The van der Waals surface area contributed by atoms with Crippen molar-refractivity contribution >= 4 is 17.9 Å². The Morgan fingerprint density at radius 1 is 1.27 bits per heavy atom. The van der Waals surface area contributed by atoms with E-state index in [1.165, 1.54) is 11.0 Å². The van der Waals surface area contributed by atoms with Crippen LogP contribution in [0.4, 0.5) is 4.79 Å². The molecule has 0 bridgehead atoms. The number of carbonyl (C=O) groups excluding carboxylic acids is 3. The van der Waals surface area contributed by atoms with E-state index in [0.717, 1.165) is 0 Å². The fourth-order valence-electron chi connectivity index (χ4n) is 2.77. The molecule has 1 aromatic carbocycles. The van der Waals surface area contributed by atoms with Gasteiger partial charge in [-0.05, 0) is 47.1 Å². The molecule has 8 nitrogen and oxygen atoms in total. The molecule has 30 heavy (non-hydrogen) atoms. The molecule has 0 aromatic heterocycles. The molecular formula is C22H33N3O5. The molecule has 0 saturated heterocycles. The van der Waals surface area contributed by atoms with E-state index in [9.17, 15) is 19.5 Å².